The fourth-order valence-electron chi connectivity index (χ4n) is 0.362. The van der Waals surface area contributed by atoms with Crippen molar-refractivity contribution in [3.05, 3.63) is 0 Å². The fraction of sp³-hybridized carbons (Fsp3) is 0.857. The lowest BCUT2D eigenvalue weighted by molar-refractivity contribution is -0.144. The van der Waals surface area contributed by atoms with E-state index in [1.807, 2.05) is 13.8 Å². The van der Waals surface area contributed by atoms with Crippen LogP contribution in [0, 0.1) is 5.92 Å². The lowest BCUT2D eigenvalue weighted by Gasteiger charge is -2.04. The normalized spacial score (nSPS) is 8.00. The summed E-state index contributed by atoms with van der Waals surface area (Å²) in [5.74, 6) is 0.337. The predicted molar refractivity (Wildman–Crippen MR) is 50.6 cm³/mol. The molecule has 0 N–H and O–H groups in total. The highest BCUT2D eigenvalue weighted by atomic mass is 35.5. The first-order chi connectivity index (χ1) is 4.16. The quantitative estimate of drug-likeness (QED) is 0.658. The van der Waals surface area contributed by atoms with E-state index in [-0.39, 0.29) is 30.8 Å². The van der Waals surface area contributed by atoms with Crippen molar-refractivity contribution in [3.63, 3.8) is 0 Å². The molecule has 0 heterocycles. The monoisotopic (exact) mass is 202 g/mol. The number of hydrogen-bond donors (Lipinski definition) is 0. The Bertz CT molecular complexity index is 94.4. The Balaban J connectivity index is -0.000000320. The summed E-state index contributed by atoms with van der Waals surface area (Å²) in [6, 6.07) is 0. The molecular weight excluding hydrogens is 187 g/mol. The lowest BCUT2D eigenvalue weighted by atomic mass is 10.2. The van der Waals surface area contributed by atoms with Gasteiger partial charge in [-0.1, -0.05) is 20.8 Å². The first-order valence-corrected chi connectivity index (χ1v) is 3.32. The van der Waals surface area contributed by atoms with E-state index in [0.29, 0.717) is 18.9 Å². The molecule has 0 aromatic carbocycles. The van der Waals surface area contributed by atoms with Crippen LogP contribution in [-0.4, -0.2) is 12.6 Å². The van der Waals surface area contributed by atoms with Crippen LogP contribution in [0.2, 0.25) is 0 Å². The van der Waals surface area contributed by atoms with Gasteiger partial charge in [0.2, 0.25) is 0 Å². The van der Waals surface area contributed by atoms with Crippen LogP contribution in [-0.2, 0) is 9.53 Å². The van der Waals surface area contributed by atoms with E-state index >= 15 is 0 Å². The summed E-state index contributed by atoms with van der Waals surface area (Å²) in [5, 5.41) is 0. The van der Waals surface area contributed by atoms with Crippen LogP contribution in [0.3, 0.4) is 0 Å². The summed E-state index contributed by atoms with van der Waals surface area (Å²) in [5.41, 5.74) is 0. The van der Waals surface area contributed by atoms with Crippen molar-refractivity contribution in [3.8, 4) is 0 Å². The molecule has 0 aliphatic rings. The molecule has 0 rings (SSSR count). The van der Waals surface area contributed by atoms with E-state index in [1.54, 1.807) is 6.92 Å². The van der Waals surface area contributed by atoms with Crippen molar-refractivity contribution in [2.75, 3.05) is 6.61 Å². The summed E-state index contributed by atoms with van der Waals surface area (Å²) in [7, 11) is 0. The number of carbonyl (C=O) groups excluding carboxylic acids is 1. The number of esters is 1. The van der Waals surface area contributed by atoms with Gasteiger partial charge in [0.1, 0.15) is 0 Å². The second kappa shape index (κ2) is 10.0. The summed E-state index contributed by atoms with van der Waals surface area (Å²) in [4.78, 5) is 10.5. The van der Waals surface area contributed by atoms with Crippen LogP contribution in [0.4, 0.5) is 0 Å². The van der Waals surface area contributed by atoms with E-state index in [1.165, 1.54) is 0 Å². The SMILES string of the molecule is CCC(=O)OCC(C)C.Cl.Cl. The van der Waals surface area contributed by atoms with Gasteiger partial charge in [0.15, 0.2) is 0 Å². The molecule has 0 radical (unpaired) electrons. The van der Waals surface area contributed by atoms with Gasteiger partial charge < -0.3 is 4.74 Å². The summed E-state index contributed by atoms with van der Waals surface area (Å²) >= 11 is 0. The van der Waals surface area contributed by atoms with Crippen LogP contribution in [0.5, 0.6) is 0 Å². The highest BCUT2D eigenvalue weighted by molar-refractivity contribution is 5.85. The molecule has 0 aliphatic carbocycles. The van der Waals surface area contributed by atoms with Crippen molar-refractivity contribution in [2.45, 2.75) is 27.2 Å². The Labute approximate surface area is 80.5 Å². The maximum Gasteiger partial charge on any atom is 0.305 e. The fourth-order valence-corrected chi connectivity index (χ4v) is 0.362. The van der Waals surface area contributed by atoms with Crippen molar-refractivity contribution in [1.82, 2.24) is 0 Å². The van der Waals surface area contributed by atoms with Crippen LogP contribution in [0.25, 0.3) is 0 Å². The van der Waals surface area contributed by atoms with Gasteiger partial charge in [-0.2, -0.15) is 0 Å². The third-order valence-corrected chi connectivity index (χ3v) is 0.866. The summed E-state index contributed by atoms with van der Waals surface area (Å²) in [6.45, 7) is 6.38. The minimum absolute atomic E-state index is 0. The molecule has 0 atom stereocenters. The van der Waals surface area contributed by atoms with Gasteiger partial charge in [-0.25, -0.2) is 0 Å². The Morgan fingerprint density at radius 3 is 2.09 bits per heavy atom. The molecular formula is C7H16Cl2O2. The van der Waals surface area contributed by atoms with E-state index < -0.39 is 0 Å². The molecule has 0 fully saturated rings. The van der Waals surface area contributed by atoms with Gasteiger partial charge in [0.25, 0.3) is 0 Å². The highest BCUT2D eigenvalue weighted by Gasteiger charge is 1.98. The van der Waals surface area contributed by atoms with Gasteiger partial charge in [-0.3, -0.25) is 4.79 Å². The van der Waals surface area contributed by atoms with E-state index in [4.69, 9.17) is 4.74 Å². The maximum absolute atomic E-state index is 10.5. The molecule has 0 unspecified atom stereocenters. The second-order valence-corrected chi connectivity index (χ2v) is 2.43. The smallest absolute Gasteiger partial charge is 0.305 e. The van der Waals surface area contributed by atoms with Crippen molar-refractivity contribution >= 4 is 30.8 Å². The Hall–Kier alpha value is 0.0500. The molecule has 2 nitrogen and oxygen atoms in total. The molecule has 0 bridgehead atoms. The number of carbonyl (C=O) groups is 1. The highest BCUT2D eigenvalue weighted by Crippen LogP contribution is 1.93. The second-order valence-electron chi connectivity index (χ2n) is 2.43. The minimum Gasteiger partial charge on any atom is -0.465 e. The summed E-state index contributed by atoms with van der Waals surface area (Å²) in [6.07, 6.45) is 0.479. The summed E-state index contributed by atoms with van der Waals surface area (Å²) < 4.78 is 4.81. The molecule has 0 aliphatic heterocycles. The Morgan fingerprint density at radius 1 is 1.36 bits per heavy atom. The van der Waals surface area contributed by atoms with E-state index in [2.05, 4.69) is 0 Å². The molecule has 11 heavy (non-hydrogen) atoms. The number of rotatable bonds is 3. The number of hydrogen-bond acceptors (Lipinski definition) is 2. The van der Waals surface area contributed by atoms with Crippen molar-refractivity contribution in [1.29, 1.82) is 0 Å². The predicted octanol–water partition coefficient (Wildman–Crippen LogP) is 2.44. The molecule has 70 valence electrons. The van der Waals surface area contributed by atoms with Crippen LogP contribution in [0.1, 0.15) is 27.2 Å². The Morgan fingerprint density at radius 2 is 1.82 bits per heavy atom. The average Bonchev–Trinajstić information content (AvgIpc) is 1.83. The molecule has 0 spiro atoms. The van der Waals surface area contributed by atoms with Crippen LogP contribution in [0.15, 0.2) is 0 Å². The lowest BCUT2D eigenvalue weighted by Crippen LogP contribution is -2.07. The third-order valence-electron chi connectivity index (χ3n) is 0.866. The molecule has 0 saturated carbocycles. The minimum atomic E-state index is -0.108. The van der Waals surface area contributed by atoms with Gasteiger partial charge in [0, 0.05) is 6.42 Å². The van der Waals surface area contributed by atoms with E-state index in [9.17, 15) is 4.79 Å². The van der Waals surface area contributed by atoms with Gasteiger partial charge in [-0.05, 0) is 5.92 Å². The van der Waals surface area contributed by atoms with Crippen LogP contribution < -0.4 is 0 Å². The van der Waals surface area contributed by atoms with Gasteiger partial charge >= 0.3 is 5.97 Å². The number of ether oxygens (including phenoxy) is 1. The zero-order valence-electron chi connectivity index (χ0n) is 7.12. The van der Waals surface area contributed by atoms with Crippen LogP contribution >= 0.6 is 24.8 Å². The first-order valence-electron chi connectivity index (χ1n) is 3.32. The average molecular weight is 203 g/mol. The molecule has 4 heteroatoms. The van der Waals surface area contributed by atoms with Crippen molar-refractivity contribution in [2.24, 2.45) is 5.92 Å². The molecule has 0 aromatic heterocycles. The standard InChI is InChI=1S/C7H14O2.2ClH/c1-4-7(8)9-5-6(2)3;;/h6H,4-5H2,1-3H3;2*1H. The first kappa shape index (κ1) is 17.2. The largest absolute Gasteiger partial charge is 0.465 e. The van der Waals surface area contributed by atoms with E-state index in [0.717, 1.165) is 0 Å². The topological polar surface area (TPSA) is 26.3 Å². The molecule has 0 aromatic rings. The third kappa shape index (κ3) is 13.1. The Kier molecular flexibility index (Phi) is 15.7. The van der Waals surface area contributed by atoms with Gasteiger partial charge in [-0.15, -0.1) is 24.8 Å². The molecule has 0 saturated heterocycles. The van der Waals surface area contributed by atoms with Crippen molar-refractivity contribution < 1.29 is 9.53 Å². The number of halogens is 2. The van der Waals surface area contributed by atoms with Gasteiger partial charge in [0.05, 0.1) is 6.61 Å². The zero-order chi connectivity index (χ0) is 7.28. The zero-order valence-corrected chi connectivity index (χ0v) is 8.76. The maximum atomic E-state index is 10.5. The molecule has 0 amide bonds.